The highest BCUT2D eigenvalue weighted by atomic mass is 19.1. The second-order valence-electron chi connectivity index (χ2n) is 6.47. The summed E-state index contributed by atoms with van der Waals surface area (Å²) in [6.07, 6.45) is 3.98. The Balaban J connectivity index is 1.49. The molecule has 2 N–H and O–H groups in total. The topological polar surface area (TPSA) is 48.4 Å². The molecule has 1 fully saturated rings. The zero-order chi connectivity index (χ0) is 16.9. The molecule has 1 unspecified atom stereocenters. The molecule has 2 heterocycles. The predicted octanol–water partition coefficient (Wildman–Crippen LogP) is 3.24. The molecule has 1 aliphatic rings. The highest BCUT2D eigenvalue weighted by Crippen LogP contribution is 2.23. The molecule has 1 aromatic heterocycles. The molecule has 128 valence electrons. The number of pyridine rings is 1. The number of aromatic hydroxyl groups is 1. The van der Waals surface area contributed by atoms with Crippen molar-refractivity contribution in [2.75, 3.05) is 13.1 Å². The molecule has 0 radical (unpaired) electrons. The van der Waals surface area contributed by atoms with E-state index in [-0.39, 0.29) is 11.8 Å². The minimum absolute atomic E-state index is 0.0869. The maximum absolute atomic E-state index is 13.2. The molecule has 24 heavy (non-hydrogen) atoms. The van der Waals surface area contributed by atoms with Crippen molar-refractivity contribution in [2.45, 2.75) is 38.4 Å². The highest BCUT2D eigenvalue weighted by Gasteiger charge is 2.21. The van der Waals surface area contributed by atoms with Crippen LogP contribution >= 0.6 is 0 Å². The van der Waals surface area contributed by atoms with E-state index in [0.29, 0.717) is 6.04 Å². The van der Waals surface area contributed by atoms with Crippen molar-refractivity contribution in [1.82, 2.24) is 15.2 Å². The number of rotatable bonds is 5. The van der Waals surface area contributed by atoms with Gasteiger partial charge in [0.1, 0.15) is 0 Å². The number of hydrogen-bond donors (Lipinski definition) is 2. The summed E-state index contributed by atoms with van der Waals surface area (Å²) in [5, 5.41) is 13.1. The fourth-order valence-electron chi connectivity index (χ4n) is 3.23. The first kappa shape index (κ1) is 16.9. The van der Waals surface area contributed by atoms with Crippen LogP contribution in [0.5, 0.6) is 5.75 Å². The summed E-state index contributed by atoms with van der Waals surface area (Å²) in [6.45, 7) is 5.02. The van der Waals surface area contributed by atoms with Crippen LogP contribution in [0.1, 0.15) is 37.1 Å². The van der Waals surface area contributed by atoms with Crippen molar-refractivity contribution in [1.29, 1.82) is 0 Å². The number of nitrogens with one attached hydrogen (secondary N) is 1. The summed E-state index contributed by atoms with van der Waals surface area (Å²) in [7, 11) is 0. The van der Waals surface area contributed by atoms with Gasteiger partial charge in [0.2, 0.25) is 0 Å². The Kier molecular flexibility index (Phi) is 5.43. The van der Waals surface area contributed by atoms with Gasteiger partial charge < -0.3 is 10.4 Å². The molecule has 0 aliphatic carbocycles. The van der Waals surface area contributed by atoms with Gasteiger partial charge in [0.05, 0.1) is 5.69 Å². The molecule has 1 saturated heterocycles. The quantitative estimate of drug-likeness (QED) is 0.884. The first-order chi connectivity index (χ1) is 11.6. The number of phenolic OH excluding ortho intramolecular Hbond substituents is 1. The van der Waals surface area contributed by atoms with Gasteiger partial charge in [0.15, 0.2) is 11.6 Å². The molecule has 3 rings (SSSR count). The SMILES string of the molecule is CC(NC1CCN(Cc2ccccn2)CC1)c1ccc(F)c(O)c1. The van der Waals surface area contributed by atoms with Crippen molar-refractivity contribution >= 4 is 0 Å². The van der Waals surface area contributed by atoms with Gasteiger partial charge in [-0.1, -0.05) is 12.1 Å². The third-order valence-corrected chi connectivity index (χ3v) is 4.66. The Labute approximate surface area is 142 Å². The Morgan fingerprint density at radius 3 is 2.75 bits per heavy atom. The lowest BCUT2D eigenvalue weighted by atomic mass is 10.0. The second-order valence-corrected chi connectivity index (χ2v) is 6.47. The molecule has 1 aliphatic heterocycles. The number of phenols is 1. The predicted molar refractivity (Wildman–Crippen MR) is 92.2 cm³/mol. The van der Waals surface area contributed by atoms with Crippen LogP contribution in [0.3, 0.4) is 0 Å². The summed E-state index contributed by atoms with van der Waals surface area (Å²) < 4.78 is 13.2. The lowest BCUT2D eigenvalue weighted by Gasteiger charge is -2.33. The Morgan fingerprint density at radius 1 is 1.29 bits per heavy atom. The normalized spacial score (nSPS) is 17.8. The average molecular weight is 329 g/mol. The van der Waals surface area contributed by atoms with Crippen LogP contribution in [0.15, 0.2) is 42.6 Å². The molecule has 0 amide bonds. The molecule has 5 heteroatoms. The fourth-order valence-corrected chi connectivity index (χ4v) is 3.23. The van der Waals surface area contributed by atoms with Crippen LogP contribution in [0.25, 0.3) is 0 Å². The van der Waals surface area contributed by atoms with Gasteiger partial charge in [-0.25, -0.2) is 4.39 Å². The molecule has 0 spiro atoms. The van der Waals surface area contributed by atoms with Gasteiger partial charge in [-0.15, -0.1) is 0 Å². The Hall–Kier alpha value is -1.98. The fraction of sp³-hybridized carbons (Fsp3) is 0.421. The van der Waals surface area contributed by atoms with Crippen LogP contribution in [0, 0.1) is 5.82 Å². The Morgan fingerprint density at radius 2 is 2.08 bits per heavy atom. The average Bonchev–Trinajstić information content (AvgIpc) is 2.60. The van der Waals surface area contributed by atoms with E-state index in [1.807, 2.05) is 25.3 Å². The molecule has 4 nitrogen and oxygen atoms in total. The Bertz CT molecular complexity index is 657. The molecule has 0 saturated carbocycles. The van der Waals surface area contributed by atoms with Gasteiger partial charge >= 0.3 is 0 Å². The van der Waals surface area contributed by atoms with Crippen molar-refractivity contribution in [3.63, 3.8) is 0 Å². The summed E-state index contributed by atoms with van der Waals surface area (Å²) >= 11 is 0. The standard InChI is InChI=1S/C19H24FN3O/c1-14(15-5-6-18(20)19(24)12-15)22-16-7-10-23(11-8-16)13-17-4-2-3-9-21-17/h2-6,9,12,14,16,22,24H,7-8,10-11,13H2,1H3. The van der Waals surface area contributed by atoms with Crippen LogP contribution < -0.4 is 5.32 Å². The van der Waals surface area contributed by atoms with Crippen LogP contribution in [0.4, 0.5) is 4.39 Å². The monoisotopic (exact) mass is 329 g/mol. The number of hydrogen-bond acceptors (Lipinski definition) is 4. The minimum atomic E-state index is -0.575. The molecular weight excluding hydrogens is 305 g/mol. The molecule has 2 aromatic rings. The number of likely N-dealkylation sites (tertiary alicyclic amines) is 1. The van der Waals surface area contributed by atoms with Gasteiger partial charge in [0, 0.05) is 37.9 Å². The molecular formula is C19H24FN3O. The third-order valence-electron chi connectivity index (χ3n) is 4.66. The first-order valence-electron chi connectivity index (χ1n) is 8.48. The van der Waals surface area contributed by atoms with E-state index < -0.39 is 5.82 Å². The number of nitrogens with zero attached hydrogens (tertiary/aromatic N) is 2. The van der Waals surface area contributed by atoms with Gasteiger partial charge in [0.25, 0.3) is 0 Å². The summed E-state index contributed by atoms with van der Waals surface area (Å²) in [4.78, 5) is 6.81. The summed E-state index contributed by atoms with van der Waals surface area (Å²) in [5.41, 5.74) is 2.02. The maximum Gasteiger partial charge on any atom is 0.164 e. The number of halogens is 1. The lowest BCUT2D eigenvalue weighted by Crippen LogP contribution is -2.43. The number of aromatic nitrogens is 1. The summed E-state index contributed by atoms with van der Waals surface area (Å²) in [6, 6.07) is 11.1. The van der Waals surface area contributed by atoms with E-state index in [1.54, 1.807) is 6.07 Å². The minimum Gasteiger partial charge on any atom is -0.505 e. The van der Waals surface area contributed by atoms with Crippen LogP contribution in [-0.2, 0) is 6.54 Å². The smallest absolute Gasteiger partial charge is 0.164 e. The van der Waals surface area contributed by atoms with E-state index in [9.17, 15) is 9.50 Å². The van der Waals surface area contributed by atoms with E-state index in [1.165, 1.54) is 12.1 Å². The molecule has 1 atom stereocenters. The zero-order valence-corrected chi connectivity index (χ0v) is 14.0. The largest absolute Gasteiger partial charge is 0.505 e. The van der Waals surface area contributed by atoms with Gasteiger partial charge in [-0.2, -0.15) is 0 Å². The zero-order valence-electron chi connectivity index (χ0n) is 14.0. The number of piperidine rings is 1. The third kappa shape index (κ3) is 4.30. The van der Waals surface area contributed by atoms with Crippen LogP contribution in [0.2, 0.25) is 0 Å². The van der Waals surface area contributed by atoms with E-state index in [0.717, 1.165) is 43.7 Å². The van der Waals surface area contributed by atoms with E-state index in [2.05, 4.69) is 21.3 Å². The molecule has 1 aromatic carbocycles. The van der Waals surface area contributed by atoms with Gasteiger partial charge in [-0.3, -0.25) is 9.88 Å². The van der Waals surface area contributed by atoms with Crippen molar-refractivity contribution in [3.8, 4) is 5.75 Å². The van der Waals surface area contributed by atoms with Crippen molar-refractivity contribution in [2.24, 2.45) is 0 Å². The van der Waals surface area contributed by atoms with Crippen LogP contribution in [-0.4, -0.2) is 34.1 Å². The highest BCUT2D eigenvalue weighted by molar-refractivity contribution is 5.30. The number of benzene rings is 1. The lowest BCUT2D eigenvalue weighted by molar-refractivity contribution is 0.183. The second kappa shape index (κ2) is 7.73. The van der Waals surface area contributed by atoms with Crippen molar-refractivity contribution in [3.05, 3.63) is 59.7 Å². The van der Waals surface area contributed by atoms with Crippen molar-refractivity contribution < 1.29 is 9.50 Å². The summed E-state index contributed by atoms with van der Waals surface area (Å²) in [5.74, 6) is -0.861. The van der Waals surface area contributed by atoms with E-state index in [4.69, 9.17) is 0 Å². The molecule has 0 bridgehead atoms. The van der Waals surface area contributed by atoms with Gasteiger partial charge in [-0.05, 0) is 49.6 Å². The first-order valence-corrected chi connectivity index (χ1v) is 8.48. The maximum atomic E-state index is 13.2. The van der Waals surface area contributed by atoms with E-state index >= 15 is 0 Å².